The third-order valence-corrected chi connectivity index (χ3v) is 3.28. The van der Waals surface area contributed by atoms with Gasteiger partial charge in [-0.05, 0) is 31.5 Å². The zero-order chi connectivity index (χ0) is 15.1. The van der Waals surface area contributed by atoms with Gasteiger partial charge in [0, 0.05) is 24.9 Å². The van der Waals surface area contributed by atoms with Crippen LogP contribution in [0.5, 0.6) is 5.75 Å². The van der Waals surface area contributed by atoms with Crippen LogP contribution in [0, 0.1) is 13.8 Å². The molecule has 0 bridgehead atoms. The van der Waals surface area contributed by atoms with Crippen molar-refractivity contribution < 1.29 is 9.47 Å². The fraction of sp³-hybridized carbons (Fsp3) is 0.375. The number of rotatable bonds is 7. The van der Waals surface area contributed by atoms with Crippen LogP contribution in [0.4, 0.5) is 5.82 Å². The van der Waals surface area contributed by atoms with Gasteiger partial charge >= 0.3 is 0 Å². The highest BCUT2D eigenvalue weighted by molar-refractivity contribution is 5.45. The zero-order valence-electron chi connectivity index (χ0n) is 12.7. The van der Waals surface area contributed by atoms with E-state index in [1.807, 2.05) is 38.1 Å². The van der Waals surface area contributed by atoms with Crippen LogP contribution in [-0.2, 0) is 11.3 Å². The van der Waals surface area contributed by atoms with Crippen molar-refractivity contribution in [2.24, 2.45) is 0 Å². The highest BCUT2D eigenvalue weighted by atomic mass is 16.5. The van der Waals surface area contributed by atoms with Gasteiger partial charge in [-0.2, -0.15) is 0 Å². The molecule has 1 N–H and O–H groups in total. The molecular formula is C16H21N3O2. The van der Waals surface area contributed by atoms with Crippen LogP contribution in [0.15, 0.2) is 30.6 Å². The molecule has 1 aromatic heterocycles. The van der Waals surface area contributed by atoms with E-state index < -0.39 is 0 Å². The largest absolute Gasteiger partial charge is 0.491 e. The van der Waals surface area contributed by atoms with Crippen LogP contribution in [0.1, 0.15) is 16.8 Å². The van der Waals surface area contributed by atoms with E-state index in [2.05, 4.69) is 15.3 Å². The van der Waals surface area contributed by atoms with E-state index in [9.17, 15) is 0 Å². The molecule has 1 heterocycles. The molecular weight excluding hydrogens is 266 g/mol. The minimum absolute atomic E-state index is 0.563. The molecule has 0 saturated carbocycles. The molecule has 21 heavy (non-hydrogen) atoms. The normalized spacial score (nSPS) is 10.4. The van der Waals surface area contributed by atoms with Gasteiger partial charge in [-0.1, -0.05) is 12.1 Å². The van der Waals surface area contributed by atoms with Crippen molar-refractivity contribution in [3.8, 4) is 5.75 Å². The van der Waals surface area contributed by atoms with Gasteiger partial charge in [0.15, 0.2) is 0 Å². The van der Waals surface area contributed by atoms with E-state index in [1.165, 1.54) is 5.56 Å². The summed E-state index contributed by atoms with van der Waals surface area (Å²) in [4.78, 5) is 8.42. The minimum atomic E-state index is 0.563. The van der Waals surface area contributed by atoms with Gasteiger partial charge in [-0.15, -0.1) is 0 Å². The Hall–Kier alpha value is -2.14. The first-order valence-electron chi connectivity index (χ1n) is 6.93. The Kier molecular flexibility index (Phi) is 5.51. The average Bonchev–Trinajstić information content (AvgIpc) is 2.50. The first-order valence-corrected chi connectivity index (χ1v) is 6.93. The maximum absolute atomic E-state index is 5.53. The number of aryl methyl sites for hydroxylation is 1. The highest BCUT2D eigenvalue weighted by Gasteiger charge is 2.03. The predicted octanol–water partition coefficient (Wildman–Crippen LogP) is 2.73. The number of ether oxygens (including phenoxy) is 2. The fourth-order valence-electron chi connectivity index (χ4n) is 1.85. The molecule has 0 aliphatic rings. The second kappa shape index (κ2) is 7.59. The van der Waals surface area contributed by atoms with E-state index >= 15 is 0 Å². The monoisotopic (exact) mass is 287 g/mol. The summed E-state index contributed by atoms with van der Waals surface area (Å²) in [6.45, 7) is 5.87. The van der Waals surface area contributed by atoms with Crippen molar-refractivity contribution in [3.05, 3.63) is 47.4 Å². The van der Waals surface area contributed by atoms with Crippen molar-refractivity contribution in [2.45, 2.75) is 20.4 Å². The minimum Gasteiger partial charge on any atom is -0.491 e. The molecule has 0 atom stereocenters. The summed E-state index contributed by atoms with van der Waals surface area (Å²) in [6, 6.07) is 8.01. The Labute approximate surface area is 125 Å². The molecule has 0 aliphatic carbocycles. The average molecular weight is 287 g/mol. The number of aromatic nitrogens is 2. The second-order valence-corrected chi connectivity index (χ2v) is 4.77. The van der Waals surface area contributed by atoms with E-state index in [0.717, 1.165) is 29.4 Å². The number of nitrogens with one attached hydrogen (secondary N) is 1. The molecule has 5 nitrogen and oxygen atoms in total. The summed E-state index contributed by atoms with van der Waals surface area (Å²) in [5.74, 6) is 1.73. The SMILES string of the molecule is COCCOc1ccc(CNc2ncnc(C)c2C)cc1. The maximum Gasteiger partial charge on any atom is 0.132 e. The number of benzene rings is 1. The summed E-state index contributed by atoms with van der Waals surface area (Å²) < 4.78 is 10.5. The zero-order valence-corrected chi connectivity index (χ0v) is 12.7. The quantitative estimate of drug-likeness (QED) is 0.794. The second-order valence-electron chi connectivity index (χ2n) is 4.77. The van der Waals surface area contributed by atoms with Gasteiger partial charge in [0.25, 0.3) is 0 Å². The summed E-state index contributed by atoms with van der Waals surface area (Å²) in [7, 11) is 1.66. The number of methoxy groups -OCH3 is 1. The lowest BCUT2D eigenvalue weighted by molar-refractivity contribution is 0.146. The molecule has 0 saturated heterocycles. The standard InChI is InChI=1S/C16H21N3O2/c1-12-13(2)18-11-19-16(12)17-10-14-4-6-15(7-5-14)21-9-8-20-3/h4-7,11H,8-10H2,1-3H3,(H,17,18,19). The molecule has 0 spiro atoms. The maximum atomic E-state index is 5.53. The van der Waals surface area contributed by atoms with Gasteiger partial charge in [-0.25, -0.2) is 9.97 Å². The first kappa shape index (κ1) is 15.3. The molecule has 0 aliphatic heterocycles. The van der Waals surface area contributed by atoms with Crippen LogP contribution in [0.3, 0.4) is 0 Å². The molecule has 5 heteroatoms. The van der Waals surface area contributed by atoms with Crippen molar-refractivity contribution in [3.63, 3.8) is 0 Å². The molecule has 1 aromatic carbocycles. The third-order valence-electron chi connectivity index (χ3n) is 3.28. The lowest BCUT2D eigenvalue weighted by Gasteiger charge is -2.10. The Morgan fingerprint density at radius 2 is 1.81 bits per heavy atom. The topological polar surface area (TPSA) is 56.3 Å². The van der Waals surface area contributed by atoms with Crippen molar-refractivity contribution >= 4 is 5.82 Å². The molecule has 0 unspecified atom stereocenters. The summed E-state index contributed by atoms with van der Waals surface area (Å²) in [5.41, 5.74) is 3.25. The molecule has 2 rings (SSSR count). The third kappa shape index (κ3) is 4.43. The van der Waals surface area contributed by atoms with Crippen molar-refractivity contribution in [2.75, 3.05) is 25.6 Å². The molecule has 112 valence electrons. The van der Waals surface area contributed by atoms with Gasteiger partial charge in [-0.3, -0.25) is 0 Å². The lowest BCUT2D eigenvalue weighted by atomic mass is 10.2. The van der Waals surface area contributed by atoms with Crippen molar-refractivity contribution in [1.82, 2.24) is 9.97 Å². The smallest absolute Gasteiger partial charge is 0.132 e. The van der Waals surface area contributed by atoms with Crippen LogP contribution in [0.25, 0.3) is 0 Å². The number of anilines is 1. The van der Waals surface area contributed by atoms with Crippen LogP contribution < -0.4 is 10.1 Å². The van der Waals surface area contributed by atoms with Gasteiger partial charge in [0.2, 0.25) is 0 Å². The summed E-state index contributed by atoms with van der Waals surface area (Å²) in [5, 5.41) is 3.33. The van der Waals surface area contributed by atoms with E-state index in [4.69, 9.17) is 9.47 Å². The number of hydrogen-bond acceptors (Lipinski definition) is 5. The van der Waals surface area contributed by atoms with E-state index in [0.29, 0.717) is 13.2 Å². The Morgan fingerprint density at radius 3 is 2.52 bits per heavy atom. The molecule has 0 radical (unpaired) electrons. The highest BCUT2D eigenvalue weighted by Crippen LogP contribution is 2.16. The molecule has 0 amide bonds. The van der Waals surface area contributed by atoms with Crippen LogP contribution in [0.2, 0.25) is 0 Å². The molecule has 0 fully saturated rings. The molecule has 2 aromatic rings. The van der Waals surface area contributed by atoms with Crippen LogP contribution >= 0.6 is 0 Å². The lowest BCUT2D eigenvalue weighted by Crippen LogP contribution is -2.06. The van der Waals surface area contributed by atoms with Crippen molar-refractivity contribution in [1.29, 1.82) is 0 Å². The van der Waals surface area contributed by atoms with Gasteiger partial charge in [0.1, 0.15) is 24.5 Å². The van der Waals surface area contributed by atoms with Gasteiger partial charge in [0.05, 0.1) is 6.61 Å². The Balaban J connectivity index is 1.90. The van der Waals surface area contributed by atoms with Crippen LogP contribution in [-0.4, -0.2) is 30.3 Å². The first-order chi connectivity index (χ1) is 10.2. The number of nitrogens with zero attached hydrogens (tertiary/aromatic N) is 2. The summed E-state index contributed by atoms with van der Waals surface area (Å²) >= 11 is 0. The predicted molar refractivity (Wildman–Crippen MR) is 82.6 cm³/mol. The summed E-state index contributed by atoms with van der Waals surface area (Å²) in [6.07, 6.45) is 1.58. The number of hydrogen-bond donors (Lipinski definition) is 1. The van der Waals surface area contributed by atoms with Gasteiger partial charge < -0.3 is 14.8 Å². The van der Waals surface area contributed by atoms with E-state index in [-0.39, 0.29) is 0 Å². The Morgan fingerprint density at radius 1 is 1.05 bits per heavy atom. The fourth-order valence-corrected chi connectivity index (χ4v) is 1.85. The van der Waals surface area contributed by atoms with E-state index in [1.54, 1.807) is 13.4 Å². The Bertz CT molecular complexity index is 570.